The van der Waals surface area contributed by atoms with Crippen LogP contribution in [0.3, 0.4) is 0 Å². The highest BCUT2D eigenvalue weighted by Crippen LogP contribution is 2.32. The Balaban J connectivity index is 1.36. The molecule has 0 saturated carbocycles. The Morgan fingerprint density at radius 2 is 2.18 bits per heavy atom. The van der Waals surface area contributed by atoms with Crippen molar-refractivity contribution in [3.05, 3.63) is 76.9 Å². The van der Waals surface area contributed by atoms with Crippen LogP contribution >= 0.6 is 0 Å². The number of H-pyrrole nitrogens is 1. The Hall–Kier alpha value is -3.12. The summed E-state index contributed by atoms with van der Waals surface area (Å²) in [5, 5.41) is 0. The zero-order valence-electron chi connectivity index (χ0n) is 15.4. The van der Waals surface area contributed by atoms with Gasteiger partial charge in [0.05, 0.1) is 18.0 Å². The summed E-state index contributed by atoms with van der Waals surface area (Å²) in [7, 11) is 0. The molecule has 1 unspecified atom stereocenters. The standard InChI is InChI=1S/C22H21N3O3/c26-22-24-20-5-1-4-19(21(20)28-22)16-3-2-7-25(13-16)12-15-9-18(11-23-10-15)17-6-8-27-14-17/h1,4-6,8-11,14,16H,2-3,7,12-13H2,(H,24,26). The molecule has 1 aliphatic rings. The second-order valence-electron chi connectivity index (χ2n) is 7.41. The van der Waals surface area contributed by atoms with E-state index in [1.165, 1.54) is 5.56 Å². The largest absolute Gasteiger partial charge is 0.472 e. The van der Waals surface area contributed by atoms with E-state index in [9.17, 15) is 4.79 Å². The molecule has 1 aromatic carbocycles. The molecule has 1 N–H and O–H groups in total. The topological polar surface area (TPSA) is 75.3 Å². The van der Waals surface area contributed by atoms with Gasteiger partial charge in [-0.05, 0) is 43.1 Å². The van der Waals surface area contributed by atoms with Crippen molar-refractivity contribution < 1.29 is 8.83 Å². The van der Waals surface area contributed by atoms with Crippen molar-refractivity contribution in [2.24, 2.45) is 0 Å². The molecule has 0 spiro atoms. The molecule has 4 aromatic rings. The highest BCUT2D eigenvalue weighted by atomic mass is 16.4. The van der Waals surface area contributed by atoms with Crippen molar-refractivity contribution in [1.82, 2.24) is 14.9 Å². The molecule has 6 nitrogen and oxygen atoms in total. The minimum atomic E-state index is -0.391. The summed E-state index contributed by atoms with van der Waals surface area (Å²) in [6.07, 6.45) is 9.42. The number of pyridine rings is 1. The van der Waals surface area contributed by atoms with Gasteiger partial charge in [0.2, 0.25) is 0 Å². The Bertz CT molecular complexity index is 1140. The molecule has 0 radical (unpaired) electrons. The maximum absolute atomic E-state index is 11.6. The minimum absolute atomic E-state index is 0.349. The van der Waals surface area contributed by atoms with Crippen LogP contribution in [0.5, 0.6) is 0 Å². The van der Waals surface area contributed by atoms with Crippen LogP contribution in [0.2, 0.25) is 0 Å². The lowest BCUT2D eigenvalue weighted by Crippen LogP contribution is -2.34. The first kappa shape index (κ1) is 17.0. The van der Waals surface area contributed by atoms with Crippen LogP contribution in [0, 0.1) is 0 Å². The second-order valence-corrected chi connectivity index (χ2v) is 7.41. The molecule has 1 fully saturated rings. The lowest BCUT2D eigenvalue weighted by molar-refractivity contribution is 0.200. The van der Waals surface area contributed by atoms with E-state index in [4.69, 9.17) is 8.83 Å². The molecular weight excluding hydrogens is 354 g/mol. The number of fused-ring (bicyclic) bond motifs is 1. The van der Waals surface area contributed by atoms with Gasteiger partial charge in [-0.3, -0.25) is 14.9 Å². The molecule has 0 amide bonds. The number of furan rings is 1. The number of piperidine rings is 1. The number of hydrogen-bond acceptors (Lipinski definition) is 5. The van der Waals surface area contributed by atoms with E-state index in [1.807, 2.05) is 30.6 Å². The van der Waals surface area contributed by atoms with Gasteiger partial charge in [-0.1, -0.05) is 12.1 Å². The summed E-state index contributed by atoms with van der Waals surface area (Å²) >= 11 is 0. The van der Waals surface area contributed by atoms with Crippen molar-refractivity contribution in [2.45, 2.75) is 25.3 Å². The highest BCUT2D eigenvalue weighted by Gasteiger charge is 2.24. The Labute approximate surface area is 161 Å². The number of aromatic nitrogens is 2. The van der Waals surface area contributed by atoms with Gasteiger partial charge in [-0.25, -0.2) is 4.79 Å². The van der Waals surface area contributed by atoms with Gasteiger partial charge in [-0.2, -0.15) is 0 Å². The molecule has 6 heteroatoms. The first-order chi connectivity index (χ1) is 13.8. The average molecular weight is 375 g/mol. The quantitative estimate of drug-likeness (QED) is 0.580. The second kappa shape index (κ2) is 7.13. The van der Waals surface area contributed by atoms with Crippen molar-refractivity contribution in [2.75, 3.05) is 13.1 Å². The van der Waals surface area contributed by atoms with E-state index in [1.54, 1.807) is 12.5 Å². The van der Waals surface area contributed by atoms with E-state index >= 15 is 0 Å². The summed E-state index contributed by atoms with van der Waals surface area (Å²) in [4.78, 5) is 21.2. The van der Waals surface area contributed by atoms with Gasteiger partial charge in [0, 0.05) is 48.1 Å². The Morgan fingerprint density at radius 3 is 3.07 bits per heavy atom. The third kappa shape index (κ3) is 3.27. The van der Waals surface area contributed by atoms with E-state index in [-0.39, 0.29) is 0 Å². The number of aromatic amines is 1. The number of rotatable bonds is 4. The summed E-state index contributed by atoms with van der Waals surface area (Å²) < 4.78 is 10.6. The van der Waals surface area contributed by atoms with Gasteiger partial charge in [-0.15, -0.1) is 0 Å². The fraction of sp³-hybridized carbons (Fsp3) is 0.273. The van der Waals surface area contributed by atoms with Crippen LogP contribution in [0.25, 0.3) is 22.2 Å². The Morgan fingerprint density at radius 1 is 1.21 bits per heavy atom. The van der Waals surface area contributed by atoms with Crippen molar-refractivity contribution >= 4 is 11.1 Å². The van der Waals surface area contributed by atoms with Gasteiger partial charge < -0.3 is 8.83 Å². The SMILES string of the molecule is O=c1[nH]c2cccc(C3CCCN(Cc4cncc(-c5ccoc5)c4)C3)c2o1. The molecule has 4 heterocycles. The van der Waals surface area contributed by atoms with E-state index < -0.39 is 5.76 Å². The molecule has 28 heavy (non-hydrogen) atoms. The number of nitrogens with zero attached hydrogens (tertiary/aromatic N) is 2. The van der Waals surface area contributed by atoms with Gasteiger partial charge in [0.1, 0.15) is 0 Å². The monoisotopic (exact) mass is 375 g/mol. The zero-order valence-corrected chi connectivity index (χ0v) is 15.4. The summed E-state index contributed by atoms with van der Waals surface area (Å²) in [5.41, 5.74) is 5.88. The predicted octanol–water partition coefficient (Wildman–Crippen LogP) is 4.16. The summed E-state index contributed by atoms with van der Waals surface area (Å²) in [6, 6.07) is 10.1. The number of likely N-dealkylation sites (tertiary alicyclic amines) is 1. The molecule has 5 rings (SSSR count). The van der Waals surface area contributed by atoms with Crippen LogP contribution in [0.15, 0.2) is 68.9 Å². The summed E-state index contributed by atoms with van der Waals surface area (Å²) in [5.74, 6) is -0.0429. The Kier molecular flexibility index (Phi) is 4.33. The smallest absolute Gasteiger partial charge is 0.417 e. The van der Waals surface area contributed by atoms with E-state index in [0.717, 1.165) is 54.7 Å². The van der Waals surface area contributed by atoms with Crippen LogP contribution in [-0.4, -0.2) is 28.0 Å². The lowest BCUT2D eigenvalue weighted by Gasteiger charge is -2.33. The first-order valence-electron chi connectivity index (χ1n) is 9.57. The van der Waals surface area contributed by atoms with E-state index in [0.29, 0.717) is 11.5 Å². The lowest BCUT2D eigenvalue weighted by atomic mass is 9.90. The average Bonchev–Trinajstić information content (AvgIpc) is 3.37. The zero-order chi connectivity index (χ0) is 18.9. The molecule has 1 aliphatic heterocycles. The molecule has 0 aliphatic carbocycles. The predicted molar refractivity (Wildman–Crippen MR) is 106 cm³/mol. The fourth-order valence-corrected chi connectivity index (χ4v) is 4.19. The van der Waals surface area contributed by atoms with Gasteiger partial charge in [0.15, 0.2) is 5.58 Å². The molecule has 3 aromatic heterocycles. The minimum Gasteiger partial charge on any atom is -0.472 e. The molecule has 1 atom stereocenters. The maximum atomic E-state index is 11.6. The number of para-hydroxylation sites is 1. The normalized spacial score (nSPS) is 17.9. The molecular formula is C22H21N3O3. The van der Waals surface area contributed by atoms with Gasteiger partial charge in [0.25, 0.3) is 0 Å². The highest BCUT2D eigenvalue weighted by molar-refractivity contribution is 5.76. The summed E-state index contributed by atoms with van der Waals surface area (Å²) in [6.45, 7) is 2.84. The van der Waals surface area contributed by atoms with Crippen LogP contribution in [0.4, 0.5) is 0 Å². The fourth-order valence-electron chi connectivity index (χ4n) is 4.19. The third-order valence-electron chi connectivity index (χ3n) is 5.48. The molecule has 1 saturated heterocycles. The van der Waals surface area contributed by atoms with Crippen molar-refractivity contribution in [1.29, 1.82) is 0 Å². The number of nitrogens with one attached hydrogen (secondary N) is 1. The van der Waals surface area contributed by atoms with Gasteiger partial charge >= 0.3 is 5.76 Å². The number of oxazole rings is 1. The number of hydrogen-bond donors (Lipinski definition) is 1. The first-order valence-corrected chi connectivity index (χ1v) is 9.57. The van der Waals surface area contributed by atoms with Crippen molar-refractivity contribution in [3.8, 4) is 11.1 Å². The maximum Gasteiger partial charge on any atom is 0.417 e. The van der Waals surface area contributed by atoms with Crippen molar-refractivity contribution in [3.63, 3.8) is 0 Å². The van der Waals surface area contributed by atoms with Crippen LogP contribution < -0.4 is 5.76 Å². The molecule has 142 valence electrons. The molecule has 0 bridgehead atoms. The van der Waals surface area contributed by atoms with Crippen LogP contribution in [-0.2, 0) is 6.54 Å². The van der Waals surface area contributed by atoms with E-state index in [2.05, 4.69) is 27.0 Å². The third-order valence-corrected chi connectivity index (χ3v) is 5.48. The number of benzene rings is 1. The van der Waals surface area contributed by atoms with Crippen LogP contribution in [0.1, 0.15) is 29.9 Å².